The van der Waals surface area contributed by atoms with Crippen LogP contribution in [0.3, 0.4) is 0 Å². The van der Waals surface area contributed by atoms with E-state index in [0.717, 1.165) is 18.4 Å². The number of amides is 3. The molecule has 0 aliphatic heterocycles. The molecule has 1 saturated carbocycles. The van der Waals surface area contributed by atoms with Crippen LogP contribution in [0.4, 0.5) is 4.79 Å². The minimum atomic E-state index is -0.732. The Labute approximate surface area is 166 Å². The van der Waals surface area contributed by atoms with Gasteiger partial charge in [-0.05, 0) is 53.0 Å². The van der Waals surface area contributed by atoms with E-state index in [9.17, 15) is 14.4 Å². The van der Waals surface area contributed by atoms with Crippen molar-refractivity contribution in [2.75, 3.05) is 6.54 Å². The smallest absolute Gasteiger partial charge is 0.408 e. The van der Waals surface area contributed by atoms with Crippen molar-refractivity contribution in [3.8, 4) is 0 Å². The molecule has 1 aliphatic rings. The van der Waals surface area contributed by atoms with Gasteiger partial charge in [0.2, 0.25) is 11.8 Å². The zero-order chi connectivity index (χ0) is 20.9. The van der Waals surface area contributed by atoms with Gasteiger partial charge in [-0.3, -0.25) is 9.59 Å². The second-order valence-corrected chi connectivity index (χ2v) is 8.36. The number of hydrogen-bond donors (Lipinski definition) is 2. The summed E-state index contributed by atoms with van der Waals surface area (Å²) < 4.78 is 5.19. The summed E-state index contributed by atoms with van der Waals surface area (Å²) >= 11 is 0. The number of ether oxygens (including phenoxy) is 1. The molecule has 1 fully saturated rings. The first kappa shape index (κ1) is 21.7. The maximum Gasteiger partial charge on any atom is 0.408 e. The van der Waals surface area contributed by atoms with Crippen LogP contribution in [0.2, 0.25) is 0 Å². The number of rotatable bonds is 7. The highest BCUT2D eigenvalue weighted by atomic mass is 16.6. The Morgan fingerprint density at radius 3 is 2.25 bits per heavy atom. The van der Waals surface area contributed by atoms with E-state index < -0.39 is 17.7 Å². The molecule has 7 nitrogen and oxygen atoms in total. The summed E-state index contributed by atoms with van der Waals surface area (Å²) in [6.45, 7) is 8.82. The molecule has 0 bridgehead atoms. The van der Waals surface area contributed by atoms with Gasteiger partial charge in [-0.2, -0.15) is 0 Å². The van der Waals surface area contributed by atoms with Crippen LogP contribution in [-0.4, -0.2) is 47.0 Å². The molecule has 1 aromatic carbocycles. The highest BCUT2D eigenvalue weighted by molar-refractivity contribution is 5.91. The number of carbonyl (C=O) groups excluding carboxylic acids is 3. The molecule has 0 aromatic heterocycles. The van der Waals surface area contributed by atoms with E-state index in [1.807, 2.05) is 44.2 Å². The van der Waals surface area contributed by atoms with Crippen LogP contribution in [0.25, 0.3) is 0 Å². The summed E-state index contributed by atoms with van der Waals surface area (Å²) in [7, 11) is 0. The van der Waals surface area contributed by atoms with Gasteiger partial charge in [0.25, 0.3) is 0 Å². The second kappa shape index (κ2) is 9.08. The molecule has 0 radical (unpaired) electrons. The standard InChI is InChI=1S/C21H31N3O4/c1-14(2)23-19(26)18(15-9-7-6-8-10-15)24(16-11-12-16)17(25)13-22-20(27)28-21(3,4)5/h6-10,14,16,18H,11-13H2,1-5H3,(H,22,27)(H,23,26). The van der Waals surface area contributed by atoms with Crippen molar-refractivity contribution in [3.05, 3.63) is 35.9 Å². The van der Waals surface area contributed by atoms with E-state index in [4.69, 9.17) is 4.74 Å². The Morgan fingerprint density at radius 2 is 1.75 bits per heavy atom. The van der Waals surface area contributed by atoms with Crippen LogP contribution < -0.4 is 10.6 Å². The van der Waals surface area contributed by atoms with Gasteiger partial charge >= 0.3 is 6.09 Å². The molecule has 1 aliphatic carbocycles. The monoisotopic (exact) mass is 389 g/mol. The molecule has 0 heterocycles. The van der Waals surface area contributed by atoms with Gasteiger partial charge in [-0.15, -0.1) is 0 Å². The van der Waals surface area contributed by atoms with E-state index in [0.29, 0.717) is 0 Å². The summed E-state index contributed by atoms with van der Waals surface area (Å²) in [5, 5.41) is 5.41. The Balaban J connectivity index is 2.18. The Hall–Kier alpha value is -2.57. The summed E-state index contributed by atoms with van der Waals surface area (Å²) in [6, 6.07) is 8.46. The highest BCUT2D eigenvalue weighted by Crippen LogP contribution is 2.35. The average Bonchev–Trinajstić information content (AvgIpc) is 3.40. The zero-order valence-corrected chi connectivity index (χ0v) is 17.3. The molecule has 7 heteroatoms. The molecular formula is C21H31N3O4. The maximum absolute atomic E-state index is 13.0. The first-order chi connectivity index (χ1) is 13.1. The fourth-order valence-electron chi connectivity index (χ4n) is 2.90. The SMILES string of the molecule is CC(C)NC(=O)C(c1ccccc1)N(C(=O)CNC(=O)OC(C)(C)C)C1CC1. The highest BCUT2D eigenvalue weighted by Gasteiger charge is 2.41. The lowest BCUT2D eigenvalue weighted by Crippen LogP contribution is -2.49. The fourth-order valence-corrected chi connectivity index (χ4v) is 2.90. The molecule has 1 unspecified atom stereocenters. The maximum atomic E-state index is 13.0. The molecule has 28 heavy (non-hydrogen) atoms. The van der Waals surface area contributed by atoms with E-state index in [-0.39, 0.29) is 30.4 Å². The molecular weight excluding hydrogens is 358 g/mol. The van der Waals surface area contributed by atoms with Crippen molar-refractivity contribution >= 4 is 17.9 Å². The van der Waals surface area contributed by atoms with E-state index in [2.05, 4.69) is 10.6 Å². The molecule has 3 amide bonds. The number of nitrogens with one attached hydrogen (secondary N) is 2. The van der Waals surface area contributed by atoms with Gasteiger partial charge in [0.1, 0.15) is 18.2 Å². The van der Waals surface area contributed by atoms with E-state index in [1.165, 1.54) is 0 Å². The molecule has 154 valence electrons. The predicted molar refractivity (Wildman–Crippen MR) is 107 cm³/mol. The van der Waals surface area contributed by atoms with E-state index in [1.54, 1.807) is 25.7 Å². The number of nitrogens with zero attached hydrogens (tertiary/aromatic N) is 1. The largest absolute Gasteiger partial charge is 0.444 e. The molecule has 1 aromatic rings. The lowest BCUT2D eigenvalue weighted by molar-refractivity contribution is -0.141. The van der Waals surface area contributed by atoms with Crippen molar-refractivity contribution in [2.45, 2.75) is 71.2 Å². The van der Waals surface area contributed by atoms with Crippen LogP contribution in [0.15, 0.2) is 30.3 Å². The summed E-state index contributed by atoms with van der Waals surface area (Å²) in [5.41, 5.74) is 0.103. The fraction of sp³-hybridized carbons (Fsp3) is 0.571. The van der Waals surface area contributed by atoms with Gasteiger partial charge in [0.05, 0.1) is 0 Å². The molecule has 0 saturated heterocycles. The minimum Gasteiger partial charge on any atom is -0.444 e. The molecule has 0 spiro atoms. The first-order valence-electron chi connectivity index (χ1n) is 9.72. The van der Waals surface area contributed by atoms with Crippen molar-refractivity contribution in [1.82, 2.24) is 15.5 Å². The number of benzene rings is 1. The van der Waals surface area contributed by atoms with Crippen LogP contribution in [0.5, 0.6) is 0 Å². The third-order valence-corrected chi connectivity index (χ3v) is 4.08. The summed E-state index contributed by atoms with van der Waals surface area (Å²) in [4.78, 5) is 39.4. The second-order valence-electron chi connectivity index (χ2n) is 8.36. The number of carbonyl (C=O) groups is 3. The minimum absolute atomic E-state index is 0.00365. The average molecular weight is 389 g/mol. The van der Waals surface area contributed by atoms with Crippen LogP contribution in [-0.2, 0) is 14.3 Å². The third-order valence-electron chi connectivity index (χ3n) is 4.08. The third kappa shape index (κ3) is 6.55. The summed E-state index contributed by atoms with van der Waals surface area (Å²) in [6.07, 6.45) is 1.03. The number of hydrogen-bond acceptors (Lipinski definition) is 4. The van der Waals surface area contributed by atoms with Crippen molar-refractivity contribution in [2.24, 2.45) is 0 Å². The number of alkyl carbamates (subject to hydrolysis) is 1. The lowest BCUT2D eigenvalue weighted by Gasteiger charge is -2.32. The Kier molecular flexibility index (Phi) is 7.05. The molecule has 1 atom stereocenters. The Bertz CT molecular complexity index is 693. The van der Waals surface area contributed by atoms with Crippen molar-refractivity contribution in [1.29, 1.82) is 0 Å². The first-order valence-corrected chi connectivity index (χ1v) is 9.72. The predicted octanol–water partition coefficient (Wildman–Crippen LogP) is 2.77. The quantitative estimate of drug-likeness (QED) is 0.751. The lowest BCUT2D eigenvalue weighted by atomic mass is 10.0. The van der Waals surface area contributed by atoms with Gasteiger partial charge in [-0.1, -0.05) is 30.3 Å². The van der Waals surface area contributed by atoms with Gasteiger partial charge in [0.15, 0.2) is 0 Å². The molecule has 2 N–H and O–H groups in total. The Morgan fingerprint density at radius 1 is 1.14 bits per heavy atom. The van der Waals surface area contributed by atoms with Gasteiger partial charge in [-0.25, -0.2) is 4.79 Å². The van der Waals surface area contributed by atoms with Crippen LogP contribution >= 0.6 is 0 Å². The van der Waals surface area contributed by atoms with Gasteiger partial charge < -0.3 is 20.3 Å². The van der Waals surface area contributed by atoms with Crippen molar-refractivity contribution in [3.63, 3.8) is 0 Å². The van der Waals surface area contributed by atoms with Crippen LogP contribution in [0, 0.1) is 0 Å². The van der Waals surface area contributed by atoms with Crippen LogP contribution in [0.1, 0.15) is 59.1 Å². The van der Waals surface area contributed by atoms with E-state index >= 15 is 0 Å². The normalized spacial score (nSPS) is 14.9. The zero-order valence-electron chi connectivity index (χ0n) is 17.3. The molecule has 2 rings (SSSR count). The van der Waals surface area contributed by atoms with Crippen molar-refractivity contribution < 1.29 is 19.1 Å². The van der Waals surface area contributed by atoms with Gasteiger partial charge in [0, 0.05) is 12.1 Å². The summed E-state index contributed by atoms with van der Waals surface area (Å²) in [5.74, 6) is -0.528. The topological polar surface area (TPSA) is 87.7 Å².